The van der Waals surface area contributed by atoms with Crippen LogP contribution >= 0.6 is 0 Å². The van der Waals surface area contributed by atoms with Gasteiger partial charge in [-0.1, -0.05) is 31.0 Å². The number of nitrogens with one attached hydrogen (secondary N) is 1. The summed E-state index contributed by atoms with van der Waals surface area (Å²) < 4.78 is 0. The zero-order valence-electron chi connectivity index (χ0n) is 9.96. The van der Waals surface area contributed by atoms with Crippen molar-refractivity contribution in [2.75, 3.05) is 5.32 Å². The molecule has 1 fully saturated rings. The molecule has 2 rings (SSSR count). The lowest BCUT2D eigenvalue weighted by atomic mass is 9.95. The third-order valence-corrected chi connectivity index (χ3v) is 3.20. The lowest BCUT2D eigenvalue weighted by molar-refractivity contribution is 0.544. The number of para-hydroxylation sites is 1. The molecule has 0 spiro atoms. The van der Waals surface area contributed by atoms with Crippen molar-refractivity contribution in [3.8, 4) is 6.07 Å². The van der Waals surface area contributed by atoms with E-state index in [0.29, 0.717) is 0 Å². The third kappa shape index (κ3) is 2.55. The Kier molecular flexibility index (Phi) is 2.87. The number of aryl methyl sites for hydroxylation is 1. The van der Waals surface area contributed by atoms with Gasteiger partial charge in [-0.05, 0) is 37.8 Å². The summed E-state index contributed by atoms with van der Waals surface area (Å²) in [6.45, 7) is 4.06. The third-order valence-electron chi connectivity index (χ3n) is 3.20. The number of nitriles is 1. The molecule has 0 aromatic heterocycles. The van der Waals surface area contributed by atoms with Crippen LogP contribution in [-0.4, -0.2) is 5.54 Å². The van der Waals surface area contributed by atoms with Crippen molar-refractivity contribution < 1.29 is 0 Å². The summed E-state index contributed by atoms with van der Waals surface area (Å²) in [5, 5.41) is 12.7. The van der Waals surface area contributed by atoms with Gasteiger partial charge in [0.05, 0.1) is 6.07 Å². The lowest BCUT2D eigenvalue weighted by Gasteiger charge is -2.25. The smallest absolute Gasteiger partial charge is 0.122 e. The molecule has 0 saturated heterocycles. The van der Waals surface area contributed by atoms with Crippen LogP contribution in [0.1, 0.15) is 31.7 Å². The second kappa shape index (κ2) is 4.17. The van der Waals surface area contributed by atoms with E-state index < -0.39 is 5.54 Å². The molecule has 1 aromatic carbocycles. The first kappa shape index (κ1) is 11.0. The molecule has 0 amide bonds. The van der Waals surface area contributed by atoms with Crippen molar-refractivity contribution in [3.05, 3.63) is 29.8 Å². The van der Waals surface area contributed by atoms with Gasteiger partial charge in [0.15, 0.2) is 0 Å². The van der Waals surface area contributed by atoms with Crippen LogP contribution in [0.4, 0.5) is 5.69 Å². The van der Waals surface area contributed by atoms with E-state index in [0.717, 1.165) is 18.0 Å². The van der Waals surface area contributed by atoms with Crippen LogP contribution in [0.25, 0.3) is 0 Å². The first-order valence-corrected chi connectivity index (χ1v) is 5.88. The molecule has 0 heterocycles. The summed E-state index contributed by atoms with van der Waals surface area (Å²) in [5.41, 5.74) is 1.85. The molecule has 1 saturated carbocycles. The zero-order valence-corrected chi connectivity index (χ0v) is 9.96. The van der Waals surface area contributed by atoms with Crippen LogP contribution in [0.15, 0.2) is 24.3 Å². The van der Waals surface area contributed by atoms with Gasteiger partial charge in [0.25, 0.3) is 0 Å². The zero-order chi connectivity index (χ0) is 11.6. The molecule has 2 heteroatoms. The summed E-state index contributed by atoms with van der Waals surface area (Å²) in [6.07, 6.45) is 3.53. The van der Waals surface area contributed by atoms with Crippen LogP contribution in [-0.2, 0) is 0 Å². The van der Waals surface area contributed by atoms with Gasteiger partial charge in [-0.3, -0.25) is 0 Å². The van der Waals surface area contributed by atoms with Crippen LogP contribution in [0.5, 0.6) is 0 Å². The van der Waals surface area contributed by atoms with Crippen molar-refractivity contribution in [2.45, 2.75) is 38.6 Å². The second-order valence-corrected chi connectivity index (χ2v) is 5.03. The van der Waals surface area contributed by atoms with E-state index in [9.17, 15) is 5.26 Å². The molecule has 1 aliphatic rings. The Balaban J connectivity index is 2.11. The highest BCUT2D eigenvalue weighted by atomic mass is 15.0. The number of anilines is 1. The summed E-state index contributed by atoms with van der Waals surface area (Å²) >= 11 is 0. The summed E-state index contributed by atoms with van der Waals surface area (Å²) in [5.74, 6) is 0.751. The minimum Gasteiger partial charge on any atom is -0.367 e. The topological polar surface area (TPSA) is 35.8 Å². The Morgan fingerprint density at radius 1 is 1.44 bits per heavy atom. The number of nitrogens with zero attached hydrogens (tertiary/aromatic N) is 1. The highest BCUT2D eigenvalue weighted by molar-refractivity contribution is 5.53. The molecule has 1 aromatic rings. The van der Waals surface area contributed by atoms with Gasteiger partial charge in [0, 0.05) is 5.69 Å². The molecule has 1 unspecified atom stereocenters. The molecule has 2 nitrogen and oxygen atoms in total. The molecule has 0 aliphatic heterocycles. The van der Waals surface area contributed by atoms with Gasteiger partial charge in [-0.15, -0.1) is 0 Å². The molecule has 1 aliphatic carbocycles. The Hall–Kier alpha value is -1.49. The van der Waals surface area contributed by atoms with Crippen LogP contribution < -0.4 is 5.32 Å². The molecule has 84 valence electrons. The van der Waals surface area contributed by atoms with Gasteiger partial charge >= 0.3 is 0 Å². The van der Waals surface area contributed by atoms with Gasteiger partial charge in [-0.2, -0.15) is 5.26 Å². The number of benzene rings is 1. The summed E-state index contributed by atoms with van der Waals surface area (Å²) in [6, 6.07) is 10.5. The minimum absolute atomic E-state index is 0.423. The average Bonchev–Trinajstić information content (AvgIpc) is 3.05. The molecule has 1 atom stereocenters. The molecule has 16 heavy (non-hydrogen) atoms. The molecular weight excluding hydrogens is 196 g/mol. The van der Waals surface area contributed by atoms with E-state index in [4.69, 9.17) is 0 Å². The van der Waals surface area contributed by atoms with Crippen molar-refractivity contribution in [3.63, 3.8) is 0 Å². The van der Waals surface area contributed by atoms with E-state index in [1.54, 1.807) is 0 Å². The fourth-order valence-electron chi connectivity index (χ4n) is 2.03. The van der Waals surface area contributed by atoms with Crippen LogP contribution in [0.3, 0.4) is 0 Å². The molecule has 0 radical (unpaired) electrons. The Labute approximate surface area is 97.3 Å². The van der Waals surface area contributed by atoms with Crippen molar-refractivity contribution in [2.24, 2.45) is 5.92 Å². The van der Waals surface area contributed by atoms with Gasteiger partial charge < -0.3 is 5.32 Å². The van der Waals surface area contributed by atoms with Gasteiger partial charge in [-0.25, -0.2) is 0 Å². The molecular formula is C14H18N2. The minimum atomic E-state index is -0.423. The van der Waals surface area contributed by atoms with Crippen LogP contribution in [0, 0.1) is 24.2 Å². The maximum atomic E-state index is 9.30. The first-order chi connectivity index (χ1) is 7.63. The quantitative estimate of drug-likeness (QED) is 0.832. The molecule has 1 N–H and O–H groups in total. The number of hydrogen-bond donors (Lipinski definition) is 1. The largest absolute Gasteiger partial charge is 0.367 e. The highest BCUT2D eigenvalue weighted by Crippen LogP contribution is 2.37. The maximum Gasteiger partial charge on any atom is 0.122 e. The SMILES string of the molecule is Cc1ccccc1NC(C)(C#N)CC1CC1. The predicted molar refractivity (Wildman–Crippen MR) is 66.2 cm³/mol. The number of rotatable bonds is 4. The van der Waals surface area contributed by atoms with E-state index >= 15 is 0 Å². The summed E-state index contributed by atoms with van der Waals surface area (Å²) in [4.78, 5) is 0. The van der Waals surface area contributed by atoms with Gasteiger partial charge in [0.2, 0.25) is 0 Å². The van der Waals surface area contributed by atoms with Crippen molar-refractivity contribution in [1.29, 1.82) is 5.26 Å². The monoisotopic (exact) mass is 214 g/mol. The maximum absolute atomic E-state index is 9.30. The fraction of sp³-hybridized carbons (Fsp3) is 0.500. The van der Waals surface area contributed by atoms with E-state index in [1.165, 1.54) is 18.4 Å². The van der Waals surface area contributed by atoms with E-state index in [-0.39, 0.29) is 0 Å². The van der Waals surface area contributed by atoms with Crippen molar-refractivity contribution in [1.82, 2.24) is 0 Å². The predicted octanol–water partition coefficient (Wildman–Crippen LogP) is 3.49. The lowest BCUT2D eigenvalue weighted by Crippen LogP contribution is -2.33. The first-order valence-electron chi connectivity index (χ1n) is 5.88. The van der Waals surface area contributed by atoms with E-state index in [1.807, 2.05) is 25.1 Å². The van der Waals surface area contributed by atoms with Crippen LogP contribution in [0.2, 0.25) is 0 Å². The Bertz CT molecular complexity index is 415. The molecule has 0 bridgehead atoms. The second-order valence-electron chi connectivity index (χ2n) is 5.03. The standard InChI is InChI=1S/C14H18N2/c1-11-5-3-4-6-13(11)16-14(2,10-15)9-12-7-8-12/h3-6,12,16H,7-9H2,1-2H3. The Morgan fingerprint density at radius 3 is 2.69 bits per heavy atom. The fourth-order valence-corrected chi connectivity index (χ4v) is 2.03. The van der Waals surface area contributed by atoms with Gasteiger partial charge in [0.1, 0.15) is 5.54 Å². The Morgan fingerprint density at radius 2 is 2.12 bits per heavy atom. The summed E-state index contributed by atoms with van der Waals surface area (Å²) in [7, 11) is 0. The van der Waals surface area contributed by atoms with Crippen molar-refractivity contribution >= 4 is 5.69 Å². The highest BCUT2D eigenvalue weighted by Gasteiger charge is 2.33. The van der Waals surface area contributed by atoms with E-state index in [2.05, 4.69) is 24.4 Å². The number of hydrogen-bond acceptors (Lipinski definition) is 2. The normalized spacial score (nSPS) is 18.6. The average molecular weight is 214 g/mol.